The van der Waals surface area contributed by atoms with Crippen LogP contribution in [0.2, 0.25) is 0 Å². The number of rotatable bonds is 6. The number of hydrogen-bond donors (Lipinski definition) is 3. The van der Waals surface area contributed by atoms with Crippen LogP contribution in [0.3, 0.4) is 0 Å². The fourth-order valence-electron chi connectivity index (χ4n) is 2.98. The molecule has 4 heteroatoms. The lowest BCUT2D eigenvalue weighted by atomic mass is 9.84. The van der Waals surface area contributed by atoms with Gasteiger partial charge < -0.3 is 16.4 Å². The van der Waals surface area contributed by atoms with E-state index in [-0.39, 0.29) is 5.91 Å². The van der Waals surface area contributed by atoms with Crippen molar-refractivity contribution in [2.75, 3.05) is 18.4 Å². The second-order valence-electron chi connectivity index (χ2n) is 5.87. The normalized spacial score (nSPS) is 21.8. The molecule has 1 aliphatic rings. The van der Waals surface area contributed by atoms with Gasteiger partial charge >= 0.3 is 0 Å². The number of hydrogen-bond acceptors (Lipinski definition) is 3. The van der Waals surface area contributed by atoms with Gasteiger partial charge in [0.1, 0.15) is 0 Å². The van der Waals surface area contributed by atoms with Gasteiger partial charge in [0.15, 0.2) is 0 Å². The summed E-state index contributed by atoms with van der Waals surface area (Å²) in [5.41, 5.74) is 7.61. The van der Waals surface area contributed by atoms with Crippen molar-refractivity contribution in [1.29, 1.82) is 0 Å². The number of nitrogens with two attached hydrogens (primary N) is 1. The second kappa shape index (κ2) is 8.03. The van der Waals surface area contributed by atoms with E-state index in [4.69, 9.17) is 5.73 Å². The Kier molecular flexibility index (Phi) is 6.05. The molecule has 21 heavy (non-hydrogen) atoms. The Balaban J connectivity index is 2.01. The van der Waals surface area contributed by atoms with E-state index in [0.717, 1.165) is 25.1 Å². The first-order valence-electron chi connectivity index (χ1n) is 8.09. The minimum Gasteiger partial charge on any atom is -0.382 e. The molecule has 1 aliphatic carbocycles. The van der Waals surface area contributed by atoms with Gasteiger partial charge in [-0.25, -0.2) is 0 Å². The highest BCUT2D eigenvalue weighted by Crippen LogP contribution is 2.26. The van der Waals surface area contributed by atoms with E-state index >= 15 is 0 Å². The third kappa shape index (κ3) is 4.46. The lowest BCUT2D eigenvalue weighted by Crippen LogP contribution is -2.36. The highest BCUT2D eigenvalue weighted by Gasteiger charge is 2.23. The highest BCUT2D eigenvalue weighted by atomic mass is 16.1. The first-order valence-corrected chi connectivity index (χ1v) is 8.09. The van der Waals surface area contributed by atoms with E-state index < -0.39 is 0 Å². The number of nitrogens with one attached hydrogen (secondary N) is 2. The molecule has 1 aromatic rings. The minimum absolute atomic E-state index is 0.000445. The van der Waals surface area contributed by atoms with Crippen molar-refractivity contribution < 1.29 is 4.79 Å². The molecule has 4 N–H and O–H groups in total. The van der Waals surface area contributed by atoms with Crippen LogP contribution in [0.15, 0.2) is 24.3 Å². The van der Waals surface area contributed by atoms with Crippen molar-refractivity contribution in [2.24, 2.45) is 11.7 Å². The third-order valence-electron chi connectivity index (χ3n) is 4.22. The molecule has 1 amide bonds. The predicted octanol–water partition coefficient (Wildman–Crippen LogP) is 2.76. The number of anilines is 1. The van der Waals surface area contributed by atoms with Crippen LogP contribution < -0.4 is 16.4 Å². The van der Waals surface area contributed by atoms with Crippen LogP contribution >= 0.6 is 0 Å². The molecule has 116 valence electrons. The van der Waals surface area contributed by atoms with Gasteiger partial charge in [0.05, 0.1) is 0 Å². The molecule has 0 heterocycles. The summed E-state index contributed by atoms with van der Waals surface area (Å²) in [5, 5.41) is 6.49. The second-order valence-corrected chi connectivity index (χ2v) is 5.87. The number of benzene rings is 1. The molecule has 2 atom stereocenters. The van der Waals surface area contributed by atoms with Gasteiger partial charge in [-0.05, 0) is 49.9 Å². The van der Waals surface area contributed by atoms with Gasteiger partial charge in [-0.3, -0.25) is 4.79 Å². The van der Waals surface area contributed by atoms with Gasteiger partial charge in [-0.2, -0.15) is 0 Å². The Bertz CT molecular complexity index is 461. The van der Waals surface area contributed by atoms with E-state index in [1.54, 1.807) is 0 Å². The van der Waals surface area contributed by atoms with Gasteiger partial charge in [0, 0.05) is 23.8 Å². The predicted molar refractivity (Wildman–Crippen MR) is 87.5 cm³/mol. The summed E-state index contributed by atoms with van der Waals surface area (Å²) < 4.78 is 0. The Morgan fingerprint density at radius 2 is 2.14 bits per heavy atom. The molecule has 2 rings (SSSR count). The maximum Gasteiger partial charge on any atom is 0.251 e. The summed E-state index contributed by atoms with van der Waals surface area (Å²) in [5.74, 6) is 0.538. The lowest BCUT2D eigenvalue weighted by Gasteiger charge is -2.32. The smallest absolute Gasteiger partial charge is 0.251 e. The van der Waals surface area contributed by atoms with Crippen LogP contribution in [0.4, 0.5) is 5.69 Å². The highest BCUT2D eigenvalue weighted by molar-refractivity contribution is 5.95. The molecule has 2 unspecified atom stereocenters. The monoisotopic (exact) mass is 289 g/mol. The topological polar surface area (TPSA) is 67.2 Å². The van der Waals surface area contributed by atoms with Crippen molar-refractivity contribution in [1.82, 2.24) is 5.32 Å². The summed E-state index contributed by atoms with van der Waals surface area (Å²) in [6, 6.07) is 8.19. The molecule has 0 aliphatic heterocycles. The first kappa shape index (κ1) is 15.8. The SMILES string of the molecule is CCCNC(=O)c1cccc(NC2CCCCC2CN)c1. The fourth-order valence-corrected chi connectivity index (χ4v) is 2.98. The fraction of sp³-hybridized carbons (Fsp3) is 0.588. The van der Waals surface area contributed by atoms with Gasteiger partial charge in [0.25, 0.3) is 5.91 Å². The third-order valence-corrected chi connectivity index (χ3v) is 4.22. The van der Waals surface area contributed by atoms with Crippen molar-refractivity contribution in [3.05, 3.63) is 29.8 Å². The van der Waals surface area contributed by atoms with Crippen LogP contribution in [-0.2, 0) is 0 Å². The Hall–Kier alpha value is -1.55. The Morgan fingerprint density at radius 3 is 2.90 bits per heavy atom. The zero-order valence-corrected chi connectivity index (χ0v) is 12.9. The molecular weight excluding hydrogens is 262 g/mol. The average Bonchev–Trinajstić information content (AvgIpc) is 2.53. The molecule has 0 spiro atoms. The van der Waals surface area contributed by atoms with Crippen molar-refractivity contribution in [2.45, 2.75) is 45.1 Å². The Labute approximate surface area is 127 Å². The molecule has 1 saturated carbocycles. The van der Waals surface area contributed by atoms with Crippen molar-refractivity contribution >= 4 is 11.6 Å². The van der Waals surface area contributed by atoms with E-state index in [2.05, 4.69) is 10.6 Å². The summed E-state index contributed by atoms with van der Waals surface area (Å²) in [6.07, 6.45) is 5.84. The standard InChI is InChI=1S/C17H27N3O/c1-2-10-19-17(21)13-7-5-8-15(11-13)20-16-9-4-3-6-14(16)12-18/h5,7-8,11,14,16,20H,2-4,6,9-10,12,18H2,1H3,(H,19,21). The molecule has 0 saturated heterocycles. The summed E-state index contributed by atoms with van der Waals surface area (Å²) >= 11 is 0. The maximum atomic E-state index is 12.0. The summed E-state index contributed by atoms with van der Waals surface area (Å²) in [6.45, 7) is 3.50. The molecule has 0 radical (unpaired) electrons. The number of amides is 1. The lowest BCUT2D eigenvalue weighted by molar-refractivity contribution is 0.0953. The average molecular weight is 289 g/mol. The van der Waals surface area contributed by atoms with Crippen molar-refractivity contribution in [3.8, 4) is 0 Å². The summed E-state index contributed by atoms with van der Waals surface area (Å²) in [4.78, 5) is 12.0. The zero-order chi connectivity index (χ0) is 15.1. The van der Waals surface area contributed by atoms with Gasteiger partial charge in [-0.1, -0.05) is 25.8 Å². The van der Waals surface area contributed by atoms with Gasteiger partial charge in [-0.15, -0.1) is 0 Å². The number of carbonyl (C=O) groups is 1. The summed E-state index contributed by atoms with van der Waals surface area (Å²) in [7, 11) is 0. The van der Waals surface area contributed by atoms with Crippen molar-refractivity contribution in [3.63, 3.8) is 0 Å². The van der Waals surface area contributed by atoms with E-state index in [0.29, 0.717) is 24.1 Å². The molecule has 0 aromatic heterocycles. The van der Waals surface area contributed by atoms with Crippen LogP contribution in [0.5, 0.6) is 0 Å². The van der Waals surface area contributed by atoms with Crippen LogP contribution in [0.25, 0.3) is 0 Å². The van der Waals surface area contributed by atoms with Crippen LogP contribution in [0, 0.1) is 5.92 Å². The Morgan fingerprint density at radius 1 is 1.33 bits per heavy atom. The zero-order valence-electron chi connectivity index (χ0n) is 12.9. The van der Waals surface area contributed by atoms with Crippen LogP contribution in [-0.4, -0.2) is 25.0 Å². The molecule has 1 fully saturated rings. The van der Waals surface area contributed by atoms with Crippen LogP contribution in [0.1, 0.15) is 49.4 Å². The maximum absolute atomic E-state index is 12.0. The quantitative estimate of drug-likeness (QED) is 0.754. The van der Waals surface area contributed by atoms with E-state index in [9.17, 15) is 4.79 Å². The molecule has 1 aromatic carbocycles. The largest absolute Gasteiger partial charge is 0.382 e. The van der Waals surface area contributed by atoms with E-state index in [1.165, 1.54) is 19.3 Å². The molecule has 0 bridgehead atoms. The molecular formula is C17H27N3O. The first-order chi connectivity index (χ1) is 10.2. The number of carbonyl (C=O) groups excluding carboxylic acids is 1. The molecule has 4 nitrogen and oxygen atoms in total. The minimum atomic E-state index is -0.000445. The van der Waals surface area contributed by atoms with E-state index in [1.807, 2.05) is 31.2 Å². The van der Waals surface area contributed by atoms with Gasteiger partial charge in [0.2, 0.25) is 0 Å².